The summed E-state index contributed by atoms with van der Waals surface area (Å²) in [6.45, 7) is 4.26. The Balaban J connectivity index is 1.60. The third-order valence-corrected chi connectivity index (χ3v) is 8.01. The minimum absolute atomic E-state index is 0.0999. The van der Waals surface area contributed by atoms with E-state index >= 15 is 0 Å². The van der Waals surface area contributed by atoms with Crippen molar-refractivity contribution in [2.75, 3.05) is 38.6 Å². The molecule has 1 aromatic carbocycles. The Hall–Kier alpha value is -4.02. The summed E-state index contributed by atoms with van der Waals surface area (Å²) in [5.74, 6) is -2.34. The molecule has 5 rings (SSSR count). The molecule has 8 amide bonds. The average Bonchev–Trinajstić information content (AvgIpc) is 3.39. The second-order valence-electron chi connectivity index (χ2n) is 9.84. The number of urea groups is 2. The van der Waals surface area contributed by atoms with Crippen LogP contribution in [0, 0.1) is 5.41 Å². The summed E-state index contributed by atoms with van der Waals surface area (Å²) in [5.41, 5.74) is 0.589. The van der Waals surface area contributed by atoms with Crippen LogP contribution < -0.4 is 4.90 Å². The van der Waals surface area contributed by atoms with Crippen molar-refractivity contribution in [1.29, 1.82) is 0 Å². The van der Waals surface area contributed by atoms with E-state index < -0.39 is 41.1 Å². The topological polar surface area (TPSA) is 119 Å². The van der Waals surface area contributed by atoms with Crippen molar-refractivity contribution in [3.05, 3.63) is 34.9 Å². The van der Waals surface area contributed by atoms with Gasteiger partial charge < -0.3 is 4.90 Å². The lowest BCUT2D eigenvalue weighted by Gasteiger charge is -2.50. The lowest BCUT2D eigenvalue weighted by molar-refractivity contribution is -0.159. The Bertz CT molecular complexity index is 1250. The van der Waals surface area contributed by atoms with Crippen molar-refractivity contribution >= 4 is 47.5 Å². The number of fused-ring (bicyclic) bond motifs is 4. The number of hydrogen-bond acceptors (Lipinski definition) is 7. The maximum Gasteiger partial charge on any atom is 0.333 e. The SMILES string of the molecule is CCN1C(=O)C(=Cc2ccc3c(c2)CC2(C(=O)N(C)C(=O)N(C)C2=O)[C@H]2CCCN32)C(=O)N(CC)C1=O. The van der Waals surface area contributed by atoms with E-state index in [9.17, 15) is 28.8 Å². The molecule has 0 saturated carbocycles. The highest BCUT2D eigenvalue weighted by Crippen LogP contribution is 2.49. The molecule has 0 radical (unpaired) electrons. The molecule has 37 heavy (non-hydrogen) atoms. The zero-order valence-corrected chi connectivity index (χ0v) is 21.3. The van der Waals surface area contributed by atoms with Crippen molar-refractivity contribution in [3.8, 4) is 0 Å². The lowest BCUT2D eigenvalue weighted by Crippen LogP contribution is -2.70. The van der Waals surface area contributed by atoms with Crippen molar-refractivity contribution in [3.63, 3.8) is 0 Å². The van der Waals surface area contributed by atoms with E-state index in [0.717, 1.165) is 37.3 Å². The van der Waals surface area contributed by atoms with Crippen LogP contribution in [-0.2, 0) is 25.6 Å². The zero-order valence-electron chi connectivity index (χ0n) is 21.3. The predicted molar refractivity (Wildman–Crippen MR) is 132 cm³/mol. The fourth-order valence-electron chi connectivity index (χ4n) is 6.18. The highest BCUT2D eigenvalue weighted by atomic mass is 16.2. The van der Waals surface area contributed by atoms with E-state index in [1.165, 1.54) is 20.2 Å². The van der Waals surface area contributed by atoms with Crippen LogP contribution in [0.3, 0.4) is 0 Å². The smallest absolute Gasteiger partial charge is 0.333 e. The highest BCUT2D eigenvalue weighted by Gasteiger charge is 2.63. The van der Waals surface area contributed by atoms with Gasteiger partial charge >= 0.3 is 12.1 Å². The Kier molecular flexibility index (Phi) is 5.69. The summed E-state index contributed by atoms with van der Waals surface area (Å²) in [6, 6.07) is 3.78. The van der Waals surface area contributed by atoms with Crippen LogP contribution in [0.1, 0.15) is 37.8 Å². The first-order valence-electron chi connectivity index (χ1n) is 12.5. The minimum Gasteiger partial charge on any atom is -0.367 e. The van der Waals surface area contributed by atoms with Gasteiger partial charge in [-0.15, -0.1) is 0 Å². The molecule has 1 aromatic rings. The molecular formula is C26H29N5O6. The predicted octanol–water partition coefficient (Wildman–Crippen LogP) is 1.46. The molecule has 11 heteroatoms. The molecule has 4 aliphatic rings. The molecule has 0 unspecified atom stereocenters. The minimum atomic E-state index is -1.44. The molecule has 1 spiro atoms. The summed E-state index contributed by atoms with van der Waals surface area (Å²) in [4.78, 5) is 84.2. The largest absolute Gasteiger partial charge is 0.367 e. The Labute approximate surface area is 214 Å². The first kappa shape index (κ1) is 24.7. The monoisotopic (exact) mass is 507 g/mol. The Morgan fingerprint density at radius 3 is 2.05 bits per heavy atom. The van der Waals surface area contributed by atoms with Gasteiger partial charge in [0.05, 0.1) is 6.04 Å². The lowest BCUT2D eigenvalue weighted by atomic mass is 9.68. The number of carbonyl (C=O) groups excluding carboxylic acids is 6. The number of amides is 8. The summed E-state index contributed by atoms with van der Waals surface area (Å²) in [7, 11) is 2.79. The van der Waals surface area contributed by atoms with Gasteiger partial charge in [0.1, 0.15) is 5.57 Å². The van der Waals surface area contributed by atoms with Gasteiger partial charge in [-0.05, 0) is 62.4 Å². The number of barbiturate groups is 2. The molecule has 0 N–H and O–H groups in total. The van der Waals surface area contributed by atoms with Crippen LogP contribution in [-0.4, -0.2) is 95.1 Å². The average molecular weight is 508 g/mol. The normalized spacial score (nSPS) is 23.4. The van der Waals surface area contributed by atoms with Gasteiger partial charge in [0.15, 0.2) is 5.41 Å². The van der Waals surface area contributed by atoms with E-state index in [2.05, 4.69) is 4.90 Å². The van der Waals surface area contributed by atoms with Crippen LogP contribution >= 0.6 is 0 Å². The maximum atomic E-state index is 13.6. The molecule has 4 heterocycles. The molecule has 1 atom stereocenters. The van der Waals surface area contributed by atoms with Crippen molar-refractivity contribution in [2.24, 2.45) is 5.41 Å². The third kappa shape index (κ3) is 3.25. The quantitative estimate of drug-likeness (QED) is 0.345. The van der Waals surface area contributed by atoms with Crippen molar-refractivity contribution in [2.45, 2.75) is 39.2 Å². The Morgan fingerprint density at radius 2 is 1.49 bits per heavy atom. The molecule has 4 aliphatic heterocycles. The van der Waals surface area contributed by atoms with Crippen LogP contribution in [0.2, 0.25) is 0 Å². The fraction of sp³-hybridized carbons (Fsp3) is 0.462. The van der Waals surface area contributed by atoms with Crippen LogP contribution in [0.4, 0.5) is 15.3 Å². The van der Waals surface area contributed by atoms with Gasteiger partial charge in [-0.25, -0.2) is 9.59 Å². The summed E-state index contributed by atoms with van der Waals surface area (Å²) in [6.07, 6.45) is 3.01. The van der Waals surface area contributed by atoms with Crippen LogP contribution in [0.5, 0.6) is 0 Å². The number of rotatable bonds is 3. The van der Waals surface area contributed by atoms with Crippen molar-refractivity contribution < 1.29 is 28.8 Å². The summed E-state index contributed by atoms with van der Waals surface area (Å²) in [5, 5.41) is 0. The number of imide groups is 4. The molecule has 194 valence electrons. The first-order valence-corrected chi connectivity index (χ1v) is 12.5. The van der Waals surface area contributed by atoms with Gasteiger partial charge in [-0.3, -0.25) is 38.8 Å². The molecule has 0 bridgehead atoms. The number of carbonyl (C=O) groups is 6. The third-order valence-electron chi connectivity index (χ3n) is 8.01. The number of benzene rings is 1. The van der Waals surface area contributed by atoms with Crippen LogP contribution in [0.15, 0.2) is 23.8 Å². The number of likely N-dealkylation sites (N-methyl/N-ethyl adjacent to an activating group) is 2. The van der Waals surface area contributed by atoms with Crippen LogP contribution in [0.25, 0.3) is 6.08 Å². The van der Waals surface area contributed by atoms with Gasteiger partial charge in [-0.2, -0.15) is 0 Å². The highest BCUT2D eigenvalue weighted by molar-refractivity contribution is 6.31. The number of nitrogens with zero attached hydrogens (tertiary/aromatic N) is 5. The van der Waals surface area contributed by atoms with E-state index in [1.807, 2.05) is 6.07 Å². The molecule has 3 fully saturated rings. The van der Waals surface area contributed by atoms with Gasteiger partial charge in [0.2, 0.25) is 11.8 Å². The van der Waals surface area contributed by atoms with Gasteiger partial charge in [0.25, 0.3) is 11.8 Å². The standard InChI is InChI=1S/C26H29N5O6/c1-5-29-20(32)17(21(33)30(6-2)25(29)37)13-15-9-10-18-16(12-15)14-26(19-8-7-11-31(18)19)22(34)27(3)24(36)28(4)23(26)35/h9-10,12-13,19H,5-8,11,14H2,1-4H3/t19-/m1/s1. The molecular weight excluding hydrogens is 478 g/mol. The van der Waals surface area contributed by atoms with Gasteiger partial charge in [0, 0.05) is 39.4 Å². The fourth-order valence-corrected chi connectivity index (χ4v) is 6.18. The van der Waals surface area contributed by atoms with E-state index in [1.54, 1.807) is 26.0 Å². The first-order chi connectivity index (χ1) is 17.6. The van der Waals surface area contributed by atoms with E-state index in [-0.39, 0.29) is 31.1 Å². The summed E-state index contributed by atoms with van der Waals surface area (Å²) < 4.78 is 0. The molecule has 0 aromatic heterocycles. The van der Waals surface area contributed by atoms with E-state index in [4.69, 9.17) is 0 Å². The summed E-state index contributed by atoms with van der Waals surface area (Å²) >= 11 is 0. The van der Waals surface area contributed by atoms with Crippen molar-refractivity contribution in [1.82, 2.24) is 19.6 Å². The Morgan fingerprint density at radius 1 is 0.892 bits per heavy atom. The van der Waals surface area contributed by atoms with Gasteiger partial charge in [-0.1, -0.05) is 6.07 Å². The molecule has 11 nitrogen and oxygen atoms in total. The second-order valence-corrected chi connectivity index (χ2v) is 9.84. The molecule has 0 aliphatic carbocycles. The second kappa shape index (κ2) is 8.53. The number of hydrogen-bond donors (Lipinski definition) is 0. The zero-order chi connectivity index (χ0) is 26.8. The van der Waals surface area contributed by atoms with E-state index in [0.29, 0.717) is 18.5 Å². The molecule has 3 saturated heterocycles. The number of anilines is 1. The maximum absolute atomic E-state index is 13.6.